The van der Waals surface area contributed by atoms with Crippen LogP contribution in [0.2, 0.25) is 0 Å². The van der Waals surface area contributed by atoms with E-state index in [-0.39, 0.29) is 13.0 Å². The number of piperidine rings is 1. The maximum Gasteiger partial charge on any atom is 0.393 e. The topological polar surface area (TPSA) is 41.0 Å². The van der Waals surface area contributed by atoms with Crippen LogP contribution in [0.4, 0.5) is 24.8 Å². The first-order valence-electron chi connectivity index (χ1n) is 7.36. The molecule has 7 heteroatoms. The van der Waals surface area contributed by atoms with Crippen LogP contribution in [-0.2, 0) is 0 Å². The second kappa shape index (κ2) is 5.35. The Hall–Kier alpha value is -1.53. The lowest BCUT2D eigenvalue weighted by atomic mass is 9.97. The molecule has 1 aliphatic heterocycles. The zero-order valence-electron chi connectivity index (χ0n) is 12.0. The fourth-order valence-corrected chi connectivity index (χ4v) is 2.72. The smallest absolute Gasteiger partial charge is 0.373 e. The summed E-state index contributed by atoms with van der Waals surface area (Å²) in [6.07, 6.45) is -1.24. The van der Waals surface area contributed by atoms with Crippen LogP contribution >= 0.6 is 0 Å². The van der Waals surface area contributed by atoms with Gasteiger partial charge in [-0.3, -0.25) is 0 Å². The van der Waals surface area contributed by atoms with Crippen LogP contribution in [0.5, 0.6) is 0 Å². The van der Waals surface area contributed by atoms with Gasteiger partial charge in [-0.2, -0.15) is 13.2 Å². The minimum atomic E-state index is -4.13. The summed E-state index contributed by atoms with van der Waals surface area (Å²) in [5, 5.41) is 2.97. The van der Waals surface area contributed by atoms with E-state index in [0.29, 0.717) is 30.5 Å². The summed E-state index contributed by atoms with van der Waals surface area (Å²) in [6, 6.07) is 1.74. The molecule has 0 amide bonds. The Morgan fingerprint density at radius 1 is 1.24 bits per heavy atom. The summed E-state index contributed by atoms with van der Waals surface area (Å²) in [5.41, 5.74) is 0. The second-order valence-electron chi connectivity index (χ2n) is 5.82. The molecule has 1 aliphatic carbocycles. The van der Waals surface area contributed by atoms with Crippen LogP contribution in [0, 0.1) is 5.92 Å². The van der Waals surface area contributed by atoms with Gasteiger partial charge in [0.1, 0.15) is 17.5 Å². The third kappa shape index (κ3) is 3.22. The van der Waals surface area contributed by atoms with Gasteiger partial charge in [0, 0.05) is 32.1 Å². The van der Waals surface area contributed by atoms with Crippen molar-refractivity contribution in [1.29, 1.82) is 0 Å². The monoisotopic (exact) mass is 300 g/mol. The van der Waals surface area contributed by atoms with Crippen LogP contribution in [-0.4, -0.2) is 36.3 Å². The molecule has 2 heterocycles. The summed E-state index contributed by atoms with van der Waals surface area (Å²) in [6.45, 7) is 0.616. The third-order valence-electron chi connectivity index (χ3n) is 4.14. The molecule has 1 aromatic rings. The van der Waals surface area contributed by atoms with E-state index < -0.39 is 12.1 Å². The summed E-state index contributed by atoms with van der Waals surface area (Å²) in [5.74, 6) is 1.16. The Balaban J connectivity index is 1.83. The quantitative estimate of drug-likeness (QED) is 0.931. The van der Waals surface area contributed by atoms with Gasteiger partial charge in [-0.15, -0.1) is 0 Å². The predicted molar refractivity (Wildman–Crippen MR) is 74.5 cm³/mol. The minimum absolute atomic E-state index is 0.00618. The van der Waals surface area contributed by atoms with Crippen molar-refractivity contribution in [2.24, 2.45) is 5.92 Å². The molecule has 116 valence electrons. The number of nitrogens with zero attached hydrogens (tertiary/aromatic N) is 3. The van der Waals surface area contributed by atoms with Crippen LogP contribution < -0.4 is 10.2 Å². The Labute approximate surface area is 121 Å². The van der Waals surface area contributed by atoms with E-state index in [4.69, 9.17) is 0 Å². The molecular weight excluding hydrogens is 281 g/mol. The van der Waals surface area contributed by atoms with E-state index in [1.54, 1.807) is 18.0 Å². The SMILES string of the molecule is CNc1cc(N2CCCC(C(F)(F)F)C2)nc(C2CC2)n1. The summed E-state index contributed by atoms with van der Waals surface area (Å²) >= 11 is 0. The lowest BCUT2D eigenvalue weighted by Crippen LogP contribution is -2.42. The normalized spacial score (nSPS) is 23.2. The lowest BCUT2D eigenvalue weighted by molar-refractivity contribution is -0.176. The van der Waals surface area contributed by atoms with E-state index in [2.05, 4.69) is 15.3 Å². The van der Waals surface area contributed by atoms with Crippen molar-refractivity contribution in [3.8, 4) is 0 Å². The van der Waals surface area contributed by atoms with Crippen LogP contribution in [0.1, 0.15) is 37.4 Å². The first-order valence-corrected chi connectivity index (χ1v) is 7.36. The molecule has 2 aliphatic rings. The highest BCUT2D eigenvalue weighted by Crippen LogP contribution is 2.40. The highest BCUT2D eigenvalue weighted by atomic mass is 19.4. The van der Waals surface area contributed by atoms with Crippen molar-refractivity contribution in [2.45, 2.75) is 37.8 Å². The molecule has 1 saturated heterocycles. The van der Waals surface area contributed by atoms with Crippen molar-refractivity contribution >= 4 is 11.6 Å². The van der Waals surface area contributed by atoms with Crippen LogP contribution in [0.3, 0.4) is 0 Å². The van der Waals surface area contributed by atoms with Crippen LogP contribution in [0.25, 0.3) is 0 Å². The third-order valence-corrected chi connectivity index (χ3v) is 4.14. The zero-order chi connectivity index (χ0) is 15.0. The highest BCUT2D eigenvalue weighted by Gasteiger charge is 2.42. The van der Waals surface area contributed by atoms with Gasteiger partial charge >= 0.3 is 6.18 Å². The van der Waals surface area contributed by atoms with E-state index in [1.807, 2.05) is 0 Å². The van der Waals surface area contributed by atoms with Gasteiger partial charge in [-0.05, 0) is 25.7 Å². The van der Waals surface area contributed by atoms with Gasteiger partial charge < -0.3 is 10.2 Å². The van der Waals surface area contributed by atoms with E-state index >= 15 is 0 Å². The first-order chi connectivity index (χ1) is 9.97. The largest absolute Gasteiger partial charge is 0.393 e. The van der Waals surface area contributed by atoms with E-state index in [9.17, 15) is 13.2 Å². The number of rotatable bonds is 3. The van der Waals surface area contributed by atoms with Gasteiger partial charge in [0.05, 0.1) is 5.92 Å². The summed E-state index contributed by atoms with van der Waals surface area (Å²) < 4.78 is 38.8. The molecule has 0 bridgehead atoms. The van der Waals surface area contributed by atoms with Crippen molar-refractivity contribution < 1.29 is 13.2 Å². The number of aromatic nitrogens is 2. The van der Waals surface area contributed by atoms with E-state index in [0.717, 1.165) is 18.7 Å². The van der Waals surface area contributed by atoms with Gasteiger partial charge in [0.25, 0.3) is 0 Å². The average Bonchev–Trinajstić information content (AvgIpc) is 3.30. The maximum atomic E-state index is 12.9. The fraction of sp³-hybridized carbons (Fsp3) is 0.714. The molecule has 0 spiro atoms. The van der Waals surface area contributed by atoms with E-state index in [1.165, 1.54) is 0 Å². The standard InChI is InChI=1S/C14H19F3N4/c1-18-11-7-12(20-13(19-11)9-4-5-9)21-6-2-3-10(8-21)14(15,16)17/h7,9-10H,2-6,8H2,1H3,(H,18,19,20). The second-order valence-corrected chi connectivity index (χ2v) is 5.82. The molecule has 3 rings (SSSR count). The van der Waals surface area contributed by atoms with Crippen molar-refractivity contribution in [3.05, 3.63) is 11.9 Å². The molecule has 1 saturated carbocycles. The Bertz CT molecular complexity index is 513. The molecular formula is C14H19F3N4. The van der Waals surface area contributed by atoms with Gasteiger partial charge in [0.15, 0.2) is 0 Å². The maximum absolute atomic E-state index is 12.9. The Morgan fingerprint density at radius 3 is 2.62 bits per heavy atom. The number of nitrogens with one attached hydrogen (secondary N) is 1. The predicted octanol–water partition coefficient (Wildman–Crippen LogP) is 3.17. The zero-order valence-corrected chi connectivity index (χ0v) is 12.0. The van der Waals surface area contributed by atoms with Crippen molar-refractivity contribution in [3.63, 3.8) is 0 Å². The number of anilines is 2. The molecule has 4 nitrogen and oxygen atoms in total. The number of halogens is 3. The number of hydrogen-bond acceptors (Lipinski definition) is 4. The fourth-order valence-electron chi connectivity index (χ4n) is 2.72. The lowest BCUT2D eigenvalue weighted by Gasteiger charge is -2.34. The molecule has 1 atom stereocenters. The Morgan fingerprint density at radius 2 is 2.00 bits per heavy atom. The minimum Gasteiger partial charge on any atom is -0.373 e. The molecule has 1 N–H and O–H groups in total. The highest BCUT2D eigenvalue weighted by molar-refractivity contribution is 5.50. The van der Waals surface area contributed by atoms with Crippen molar-refractivity contribution in [2.75, 3.05) is 30.4 Å². The molecule has 2 fully saturated rings. The molecule has 21 heavy (non-hydrogen) atoms. The molecule has 1 unspecified atom stereocenters. The van der Waals surface area contributed by atoms with Crippen LogP contribution in [0.15, 0.2) is 6.07 Å². The molecule has 0 aromatic carbocycles. The van der Waals surface area contributed by atoms with Gasteiger partial charge in [-0.25, -0.2) is 9.97 Å². The number of hydrogen-bond donors (Lipinski definition) is 1. The first kappa shape index (κ1) is 14.4. The van der Waals surface area contributed by atoms with Crippen molar-refractivity contribution in [1.82, 2.24) is 9.97 Å². The molecule has 0 radical (unpaired) electrons. The Kier molecular flexibility index (Phi) is 3.67. The summed E-state index contributed by atoms with van der Waals surface area (Å²) in [4.78, 5) is 10.6. The van der Waals surface area contributed by atoms with Gasteiger partial charge in [-0.1, -0.05) is 0 Å². The molecule has 1 aromatic heterocycles. The number of alkyl halides is 3. The summed E-state index contributed by atoms with van der Waals surface area (Å²) in [7, 11) is 1.76. The average molecular weight is 300 g/mol. The van der Waals surface area contributed by atoms with Gasteiger partial charge in [0.2, 0.25) is 0 Å².